The van der Waals surface area contributed by atoms with Crippen molar-refractivity contribution in [3.8, 4) is 16.9 Å². The molecule has 2 aliphatic heterocycles. The van der Waals surface area contributed by atoms with E-state index in [2.05, 4.69) is 22.5 Å². The highest BCUT2D eigenvalue weighted by Crippen LogP contribution is 2.41. The fourth-order valence-electron chi connectivity index (χ4n) is 5.22. The molecule has 0 aliphatic carbocycles. The number of nitrogens with one attached hydrogen (secondary N) is 1. The lowest BCUT2D eigenvalue weighted by molar-refractivity contribution is 0.0954. The predicted octanol–water partition coefficient (Wildman–Crippen LogP) is 5.33. The molecule has 3 aromatic carbocycles. The van der Waals surface area contributed by atoms with Crippen LogP contribution in [-0.2, 0) is 0 Å². The fourth-order valence-corrected chi connectivity index (χ4v) is 5.38. The lowest BCUT2D eigenvalue weighted by atomic mass is 9.96. The Morgan fingerprint density at radius 2 is 1.73 bits per heavy atom. The van der Waals surface area contributed by atoms with E-state index in [4.69, 9.17) is 22.2 Å². The van der Waals surface area contributed by atoms with Gasteiger partial charge in [0.1, 0.15) is 17.7 Å². The molecule has 2 atom stereocenters. The van der Waals surface area contributed by atoms with Crippen molar-refractivity contribution in [3.63, 3.8) is 0 Å². The maximum absolute atomic E-state index is 13.6. The van der Waals surface area contributed by atoms with E-state index in [1.165, 1.54) is 18.2 Å². The van der Waals surface area contributed by atoms with Crippen LogP contribution in [0.4, 0.5) is 10.1 Å². The van der Waals surface area contributed by atoms with Crippen LogP contribution >= 0.6 is 11.6 Å². The number of benzene rings is 3. The number of hydrazine groups is 1. The van der Waals surface area contributed by atoms with E-state index in [0.717, 1.165) is 42.5 Å². The molecule has 2 aliphatic rings. The fraction of sp³-hybridized carbons (Fsp3) is 0.269. The zero-order valence-electron chi connectivity index (χ0n) is 18.0. The first-order chi connectivity index (χ1) is 16.0. The number of carbonyl (C=O) groups is 1. The molecule has 2 bridgehead atoms. The number of hydrogen-bond donors (Lipinski definition) is 2. The number of halogens is 2. The molecule has 5 rings (SSSR count). The topological polar surface area (TPSA) is 67.6 Å². The molecule has 0 spiro atoms. The van der Waals surface area contributed by atoms with Crippen molar-refractivity contribution in [1.29, 1.82) is 0 Å². The van der Waals surface area contributed by atoms with Crippen LogP contribution in [0.15, 0.2) is 66.7 Å². The lowest BCUT2D eigenvalue weighted by Gasteiger charge is -2.40. The Morgan fingerprint density at radius 3 is 2.42 bits per heavy atom. The van der Waals surface area contributed by atoms with Crippen molar-refractivity contribution in [2.75, 3.05) is 4.90 Å². The van der Waals surface area contributed by atoms with Gasteiger partial charge < -0.3 is 9.64 Å². The van der Waals surface area contributed by atoms with Gasteiger partial charge in [0.15, 0.2) is 0 Å². The molecular weight excluding hydrogens is 441 g/mol. The minimum Gasteiger partial charge on any atom is -0.489 e. The second-order valence-corrected chi connectivity index (χ2v) is 9.05. The third kappa shape index (κ3) is 4.28. The Kier molecular flexibility index (Phi) is 5.96. The number of carbonyl (C=O) groups excluding carboxylic acids is 1. The number of anilines is 1. The first-order valence-corrected chi connectivity index (χ1v) is 11.5. The summed E-state index contributed by atoms with van der Waals surface area (Å²) in [6, 6.07) is 20.7. The maximum atomic E-state index is 13.6. The van der Waals surface area contributed by atoms with Crippen LogP contribution in [0.1, 0.15) is 36.0 Å². The molecule has 2 unspecified atom stereocenters. The summed E-state index contributed by atoms with van der Waals surface area (Å²) in [4.78, 5) is 14.6. The largest absolute Gasteiger partial charge is 0.489 e. The van der Waals surface area contributed by atoms with Gasteiger partial charge in [0.05, 0.1) is 5.02 Å². The van der Waals surface area contributed by atoms with Crippen LogP contribution in [0.25, 0.3) is 11.1 Å². The summed E-state index contributed by atoms with van der Waals surface area (Å²) in [5.41, 5.74) is 5.72. The second kappa shape index (κ2) is 9.04. The summed E-state index contributed by atoms with van der Waals surface area (Å²) in [7, 11) is 0. The zero-order valence-corrected chi connectivity index (χ0v) is 18.8. The van der Waals surface area contributed by atoms with Crippen LogP contribution in [-0.4, -0.2) is 24.1 Å². The maximum Gasteiger partial charge on any atom is 0.265 e. The number of amides is 1. The SMILES string of the molecule is NNC(=O)c1ccccc1-c1ccc(N2C3CCC2CC(Oc2cc(F)ccc2Cl)C3)cc1. The standard InChI is InChI=1S/C26H25ClFN3O2/c27-24-12-7-17(28)13-25(24)33-21-14-19-10-11-20(15-21)31(19)18-8-5-16(6-9-18)22-3-1-2-4-23(22)26(32)30-29/h1-9,12-13,19-21H,10-11,14-15,29H2,(H,30,32). The smallest absolute Gasteiger partial charge is 0.265 e. The third-order valence-electron chi connectivity index (χ3n) is 6.66. The number of nitrogen functional groups attached to an aromatic ring is 1. The quantitative estimate of drug-likeness (QED) is 0.303. The zero-order chi connectivity index (χ0) is 22.9. The molecule has 0 saturated carbocycles. The molecular formula is C26H25ClFN3O2. The molecule has 2 saturated heterocycles. The molecule has 3 aromatic rings. The number of fused-ring (bicyclic) bond motifs is 2. The Balaban J connectivity index is 1.33. The molecule has 7 heteroatoms. The second-order valence-electron chi connectivity index (χ2n) is 8.64. The molecule has 2 fully saturated rings. The average molecular weight is 466 g/mol. The molecule has 33 heavy (non-hydrogen) atoms. The van der Waals surface area contributed by atoms with E-state index < -0.39 is 0 Å². The summed E-state index contributed by atoms with van der Waals surface area (Å²) < 4.78 is 19.7. The average Bonchev–Trinajstić information content (AvgIpc) is 3.11. The third-order valence-corrected chi connectivity index (χ3v) is 6.97. The van der Waals surface area contributed by atoms with Gasteiger partial charge in [-0.05, 0) is 54.3 Å². The van der Waals surface area contributed by atoms with Crippen LogP contribution in [0, 0.1) is 5.82 Å². The van der Waals surface area contributed by atoms with Crippen molar-refractivity contribution in [1.82, 2.24) is 5.43 Å². The molecule has 0 aromatic heterocycles. The highest BCUT2D eigenvalue weighted by atomic mass is 35.5. The van der Waals surface area contributed by atoms with Crippen LogP contribution in [0.5, 0.6) is 5.75 Å². The van der Waals surface area contributed by atoms with Crippen molar-refractivity contribution in [2.24, 2.45) is 5.84 Å². The molecule has 0 radical (unpaired) electrons. The molecule has 3 N–H and O–H groups in total. The summed E-state index contributed by atoms with van der Waals surface area (Å²) in [6.45, 7) is 0. The van der Waals surface area contributed by atoms with Crippen LogP contribution < -0.4 is 20.9 Å². The van der Waals surface area contributed by atoms with Crippen LogP contribution in [0.2, 0.25) is 5.02 Å². The highest BCUT2D eigenvalue weighted by Gasteiger charge is 2.41. The van der Waals surface area contributed by atoms with E-state index in [1.54, 1.807) is 6.07 Å². The summed E-state index contributed by atoms with van der Waals surface area (Å²) in [5, 5.41) is 0.436. The van der Waals surface area contributed by atoms with E-state index in [1.807, 2.05) is 30.3 Å². The van der Waals surface area contributed by atoms with E-state index >= 15 is 0 Å². The van der Waals surface area contributed by atoms with Gasteiger partial charge in [-0.1, -0.05) is 41.9 Å². The first kappa shape index (κ1) is 21.7. The van der Waals surface area contributed by atoms with Crippen molar-refractivity contribution < 1.29 is 13.9 Å². The summed E-state index contributed by atoms with van der Waals surface area (Å²) in [6.07, 6.45) is 3.94. The van der Waals surface area contributed by atoms with Gasteiger partial charge in [-0.2, -0.15) is 0 Å². The summed E-state index contributed by atoms with van der Waals surface area (Å²) in [5.74, 6) is 5.10. The monoisotopic (exact) mass is 465 g/mol. The molecule has 170 valence electrons. The minimum atomic E-state index is -0.347. The van der Waals surface area contributed by atoms with Crippen molar-refractivity contribution in [2.45, 2.75) is 43.9 Å². The van der Waals surface area contributed by atoms with Crippen molar-refractivity contribution >= 4 is 23.2 Å². The minimum absolute atomic E-state index is 0.0129. The van der Waals surface area contributed by atoms with Gasteiger partial charge in [-0.25, -0.2) is 10.2 Å². The number of piperidine rings is 1. The molecule has 5 nitrogen and oxygen atoms in total. The molecule has 2 heterocycles. The first-order valence-electron chi connectivity index (χ1n) is 11.1. The Hall–Kier alpha value is -3.09. The van der Waals surface area contributed by atoms with Gasteiger partial charge in [-0.3, -0.25) is 10.2 Å². The number of ether oxygens (including phenoxy) is 1. The summed E-state index contributed by atoms with van der Waals surface area (Å²) >= 11 is 6.20. The van der Waals surface area contributed by atoms with Gasteiger partial charge >= 0.3 is 0 Å². The Morgan fingerprint density at radius 1 is 1.03 bits per heavy atom. The number of nitrogens with zero attached hydrogens (tertiary/aromatic N) is 1. The Labute approximate surface area is 197 Å². The van der Waals surface area contributed by atoms with Gasteiger partial charge in [-0.15, -0.1) is 0 Å². The molecule has 1 amide bonds. The number of hydrogen-bond acceptors (Lipinski definition) is 4. The van der Waals surface area contributed by atoms with E-state index in [9.17, 15) is 9.18 Å². The van der Waals surface area contributed by atoms with Crippen LogP contribution in [0.3, 0.4) is 0 Å². The number of rotatable bonds is 5. The van der Waals surface area contributed by atoms with E-state index in [-0.39, 0.29) is 17.8 Å². The van der Waals surface area contributed by atoms with Gasteiger partial charge in [0, 0.05) is 42.2 Å². The van der Waals surface area contributed by atoms with Gasteiger partial charge in [0.2, 0.25) is 0 Å². The predicted molar refractivity (Wildman–Crippen MR) is 128 cm³/mol. The lowest BCUT2D eigenvalue weighted by Crippen LogP contribution is -2.46. The van der Waals surface area contributed by atoms with E-state index in [0.29, 0.717) is 28.4 Å². The van der Waals surface area contributed by atoms with Gasteiger partial charge in [0.25, 0.3) is 5.91 Å². The highest BCUT2D eigenvalue weighted by molar-refractivity contribution is 6.32. The number of nitrogens with two attached hydrogens (primary N) is 1. The van der Waals surface area contributed by atoms with Crippen molar-refractivity contribution in [3.05, 3.63) is 83.1 Å². The normalized spacial score (nSPS) is 21.7. The Bertz CT molecular complexity index is 1160.